The number of aromatic nitrogens is 1. The third-order valence-electron chi connectivity index (χ3n) is 3.38. The topological polar surface area (TPSA) is 22.1 Å². The van der Waals surface area contributed by atoms with Crippen LogP contribution in [0.25, 0.3) is 10.9 Å². The molecule has 0 aliphatic heterocycles. The Morgan fingerprint density at radius 1 is 1.24 bits per heavy atom. The highest BCUT2D eigenvalue weighted by molar-refractivity contribution is 9.09. The molecule has 0 saturated heterocycles. The number of benzene rings is 1. The van der Waals surface area contributed by atoms with E-state index in [0.717, 1.165) is 28.6 Å². The zero-order valence-corrected chi connectivity index (χ0v) is 11.1. The molecule has 1 fully saturated rings. The van der Waals surface area contributed by atoms with Crippen LogP contribution < -0.4 is 4.74 Å². The van der Waals surface area contributed by atoms with E-state index in [1.54, 1.807) is 0 Å². The molecule has 1 aliphatic rings. The van der Waals surface area contributed by atoms with Crippen molar-refractivity contribution in [1.82, 2.24) is 4.98 Å². The monoisotopic (exact) mass is 291 g/mol. The van der Waals surface area contributed by atoms with Gasteiger partial charge in [0.25, 0.3) is 0 Å². The van der Waals surface area contributed by atoms with Crippen molar-refractivity contribution in [3.05, 3.63) is 36.5 Å². The third kappa shape index (κ3) is 2.16. The molecule has 1 heterocycles. The number of pyridine rings is 1. The van der Waals surface area contributed by atoms with Crippen LogP contribution in [0.2, 0.25) is 0 Å². The molecule has 1 aromatic carbocycles. The second kappa shape index (κ2) is 4.30. The molecule has 3 rings (SSSR count). The minimum Gasteiger partial charge on any atom is -0.492 e. The average molecular weight is 292 g/mol. The number of fused-ring (bicyclic) bond motifs is 1. The van der Waals surface area contributed by atoms with Crippen molar-refractivity contribution in [2.24, 2.45) is 5.41 Å². The second-order valence-corrected chi connectivity index (χ2v) is 5.31. The molecule has 17 heavy (non-hydrogen) atoms. The summed E-state index contributed by atoms with van der Waals surface area (Å²) in [6.45, 7) is 0.798. The lowest BCUT2D eigenvalue weighted by molar-refractivity contribution is 0.254. The van der Waals surface area contributed by atoms with Crippen LogP contribution in [0.5, 0.6) is 5.75 Å². The molecule has 3 heteroatoms. The van der Waals surface area contributed by atoms with Gasteiger partial charge in [-0.25, -0.2) is 0 Å². The summed E-state index contributed by atoms with van der Waals surface area (Å²) in [4.78, 5) is 4.33. The van der Waals surface area contributed by atoms with Crippen LogP contribution in [-0.2, 0) is 0 Å². The van der Waals surface area contributed by atoms with E-state index in [1.807, 2.05) is 30.5 Å². The number of ether oxygens (including phenoxy) is 1. The maximum atomic E-state index is 5.97. The maximum Gasteiger partial charge on any atom is 0.128 e. The van der Waals surface area contributed by atoms with E-state index in [0.29, 0.717) is 5.41 Å². The van der Waals surface area contributed by atoms with Gasteiger partial charge in [-0.05, 0) is 37.1 Å². The predicted octanol–water partition coefficient (Wildman–Crippen LogP) is 3.79. The Bertz CT molecular complexity index is 531. The van der Waals surface area contributed by atoms with E-state index in [1.165, 1.54) is 12.8 Å². The molecule has 0 radical (unpaired) electrons. The largest absolute Gasteiger partial charge is 0.492 e. The van der Waals surface area contributed by atoms with Crippen LogP contribution in [0.3, 0.4) is 0 Å². The summed E-state index contributed by atoms with van der Waals surface area (Å²) in [7, 11) is 0. The van der Waals surface area contributed by atoms with Gasteiger partial charge in [0, 0.05) is 22.3 Å². The fraction of sp³-hybridized carbons (Fsp3) is 0.357. The lowest BCUT2D eigenvalue weighted by atomic mass is 10.1. The Morgan fingerprint density at radius 3 is 2.88 bits per heavy atom. The Balaban J connectivity index is 1.85. The minimum atomic E-state index is 0.379. The summed E-state index contributed by atoms with van der Waals surface area (Å²) >= 11 is 3.56. The molecule has 0 bridgehead atoms. The number of alkyl halides is 1. The van der Waals surface area contributed by atoms with E-state index in [-0.39, 0.29) is 0 Å². The van der Waals surface area contributed by atoms with Crippen LogP contribution in [0.15, 0.2) is 36.5 Å². The number of hydrogen-bond donors (Lipinski definition) is 0. The van der Waals surface area contributed by atoms with E-state index in [2.05, 4.69) is 27.0 Å². The zero-order valence-electron chi connectivity index (χ0n) is 9.53. The molecular formula is C14H14BrNO. The van der Waals surface area contributed by atoms with E-state index in [9.17, 15) is 0 Å². The van der Waals surface area contributed by atoms with Gasteiger partial charge < -0.3 is 4.74 Å². The Morgan fingerprint density at radius 2 is 2.12 bits per heavy atom. The smallest absolute Gasteiger partial charge is 0.128 e. The van der Waals surface area contributed by atoms with Crippen molar-refractivity contribution >= 4 is 26.8 Å². The van der Waals surface area contributed by atoms with Gasteiger partial charge in [-0.1, -0.05) is 22.0 Å². The summed E-state index contributed by atoms with van der Waals surface area (Å²) in [5.41, 5.74) is 1.37. The maximum absolute atomic E-state index is 5.97. The van der Waals surface area contributed by atoms with Gasteiger partial charge in [0.1, 0.15) is 5.75 Å². The van der Waals surface area contributed by atoms with E-state index >= 15 is 0 Å². The standard InChI is InChI=1S/C14H14BrNO/c15-9-14(6-7-14)10-17-13-5-1-4-12-11(13)3-2-8-16-12/h1-5,8H,6-7,9-10H2. The van der Waals surface area contributed by atoms with Crippen molar-refractivity contribution < 1.29 is 4.74 Å². The first-order valence-corrected chi connectivity index (χ1v) is 6.98. The SMILES string of the molecule is BrCC1(COc2cccc3ncccc23)CC1. The summed E-state index contributed by atoms with van der Waals surface area (Å²) in [6, 6.07) is 10.0. The Hall–Kier alpha value is -1.09. The van der Waals surface area contributed by atoms with Crippen LogP contribution in [0.1, 0.15) is 12.8 Å². The van der Waals surface area contributed by atoms with E-state index in [4.69, 9.17) is 4.74 Å². The fourth-order valence-corrected chi connectivity index (χ4v) is 2.65. The molecule has 88 valence electrons. The number of hydrogen-bond acceptors (Lipinski definition) is 2. The van der Waals surface area contributed by atoms with Gasteiger partial charge >= 0.3 is 0 Å². The minimum absolute atomic E-state index is 0.379. The van der Waals surface area contributed by atoms with Gasteiger partial charge in [0.15, 0.2) is 0 Å². The second-order valence-electron chi connectivity index (χ2n) is 4.75. The van der Waals surface area contributed by atoms with Gasteiger partial charge in [0.05, 0.1) is 12.1 Å². The zero-order chi connectivity index (χ0) is 11.7. The summed E-state index contributed by atoms with van der Waals surface area (Å²) in [6.07, 6.45) is 4.34. The summed E-state index contributed by atoms with van der Waals surface area (Å²) < 4.78 is 5.97. The highest BCUT2D eigenvalue weighted by atomic mass is 79.9. The fourth-order valence-electron chi connectivity index (χ4n) is 1.93. The Labute approximate surface area is 109 Å². The first kappa shape index (κ1) is 11.0. The highest BCUT2D eigenvalue weighted by Crippen LogP contribution is 2.47. The molecule has 1 saturated carbocycles. The molecule has 0 unspecified atom stereocenters. The van der Waals surface area contributed by atoms with Gasteiger partial charge in [0.2, 0.25) is 0 Å². The van der Waals surface area contributed by atoms with Crippen LogP contribution >= 0.6 is 15.9 Å². The molecule has 0 atom stereocenters. The van der Waals surface area contributed by atoms with Gasteiger partial charge in [-0.3, -0.25) is 4.98 Å². The normalized spacial score (nSPS) is 17.0. The quantitative estimate of drug-likeness (QED) is 0.800. The van der Waals surface area contributed by atoms with E-state index < -0.39 is 0 Å². The molecule has 1 aromatic heterocycles. The molecule has 0 spiro atoms. The van der Waals surface area contributed by atoms with Gasteiger partial charge in [-0.15, -0.1) is 0 Å². The number of nitrogens with zero attached hydrogens (tertiary/aromatic N) is 1. The third-order valence-corrected chi connectivity index (χ3v) is 4.57. The molecule has 0 N–H and O–H groups in total. The van der Waals surface area contributed by atoms with Crippen LogP contribution in [0, 0.1) is 5.41 Å². The lowest BCUT2D eigenvalue weighted by Crippen LogP contribution is -2.14. The highest BCUT2D eigenvalue weighted by Gasteiger charge is 2.42. The molecular weight excluding hydrogens is 278 g/mol. The van der Waals surface area contributed by atoms with Gasteiger partial charge in [-0.2, -0.15) is 0 Å². The molecule has 1 aliphatic carbocycles. The average Bonchev–Trinajstić information content (AvgIpc) is 3.17. The van der Waals surface area contributed by atoms with Crippen molar-refractivity contribution in [2.45, 2.75) is 12.8 Å². The molecule has 0 amide bonds. The predicted molar refractivity (Wildman–Crippen MR) is 72.7 cm³/mol. The first-order valence-electron chi connectivity index (χ1n) is 5.86. The van der Waals surface area contributed by atoms with Crippen LogP contribution in [-0.4, -0.2) is 16.9 Å². The van der Waals surface area contributed by atoms with Crippen molar-refractivity contribution in [3.8, 4) is 5.75 Å². The lowest BCUT2D eigenvalue weighted by Gasteiger charge is -2.14. The molecule has 2 nitrogen and oxygen atoms in total. The summed E-state index contributed by atoms with van der Waals surface area (Å²) in [5.74, 6) is 0.947. The van der Waals surface area contributed by atoms with Crippen molar-refractivity contribution in [3.63, 3.8) is 0 Å². The summed E-state index contributed by atoms with van der Waals surface area (Å²) in [5, 5.41) is 2.13. The number of halogens is 1. The first-order chi connectivity index (χ1) is 8.33. The van der Waals surface area contributed by atoms with Crippen molar-refractivity contribution in [2.75, 3.05) is 11.9 Å². The number of rotatable bonds is 4. The van der Waals surface area contributed by atoms with Crippen molar-refractivity contribution in [1.29, 1.82) is 0 Å². The Kier molecular flexibility index (Phi) is 2.79. The van der Waals surface area contributed by atoms with Crippen LogP contribution in [0.4, 0.5) is 0 Å². The molecule has 2 aromatic rings.